The van der Waals surface area contributed by atoms with Crippen molar-refractivity contribution in [3.05, 3.63) is 63.6 Å². The normalized spacial score (nSPS) is 10.5. The fourth-order valence-electron chi connectivity index (χ4n) is 2.61. The van der Waals surface area contributed by atoms with Crippen molar-refractivity contribution in [1.82, 2.24) is 4.90 Å². The molecule has 0 spiro atoms. The lowest BCUT2D eigenvalue weighted by atomic mass is 10.1. The van der Waals surface area contributed by atoms with Crippen LogP contribution in [0.1, 0.15) is 47.4 Å². The third kappa shape index (κ3) is 5.23. The number of carbonyl (C=O) groups excluding carboxylic acids is 2. The van der Waals surface area contributed by atoms with Crippen LogP contribution in [0.2, 0.25) is 10.0 Å². The summed E-state index contributed by atoms with van der Waals surface area (Å²) < 4.78 is 0. The summed E-state index contributed by atoms with van der Waals surface area (Å²) in [4.78, 5) is 26.7. The van der Waals surface area contributed by atoms with Crippen molar-refractivity contribution in [3.8, 4) is 0 Å². The van der Waals surface area contributed by atoms with Crippen molar-refractivity contribution in [3.63, 3.8) is 0 Å². The highest BCUT2D eigenvalue weighted by Crippen LogP contribution is 2.22. The van der Waals surface area contributed by atoms with Gasteiger partial charge < -0.3 is 10.2 Å². The Balaban J connectivity index is 2.09. The summed E-state index contributed by atoms with van der Waals surface area (Å²) in [6, 6.07) is 11.6. The third-order valence-corrected chi connectivity index (χ3v) is 4.39. The first-order valence-electron chi connectivity index (χ1n) is 8.62. The van der Waals surface area contributed by atoms with E-state index in [9.17, 15) is 9.59 Å². The molecular formula is C20H22Cl2N2O2. The molecule has 2 rings (SSSR count). The number of hydrogen-bond donors (Lipinski definition) is 1. The summed E-state index contributed by atoms with van der Waals surface area (Å²) in [5.74, 6) is -0.323. The molecule has 0 radical (unpaired) electrons. The second-order valence-corrected chi connectivity index (χ2v) is 6.79. The molecule has 0 aromatic heterocycles. The van der Waals surface area contributed by atoms with E-state index < -0.39 is 0 Å². The molecule has 138 valence electrons. The smallest absolute Gasteiger partial charge is 0.257 e. The van der Waals surface area contributed by atoms with E-state index in [1.807, 2.05) is 4.90 Å². The molecule has 0 saturated carbocycles. The lowest BCUT2D eigenvalue weighted by molar-refractivity contribution is 0.0755. The Morgan fingerprint density at radius 2 is 1.58 bits per heavy atom. The highest BCUT2D eigenvalue weighted by Gasteiger charge is 2.15. The van der Waals surface area contributed by atoms with Gasteiger partial charge in [0.1, 0.15) is 0 Å². The largest absolute Gasteiger partial charge is 0.339 e. The molecule has 0 fully saturated rings. The highest BCUT2D eigenvalue weighted by molar-refractivity contribution is 6.37. The number of halogens is 2. The molecule has 0 aliphatic rings. The molecule has 0 atom stereocenters. The Morgan fingerprint density at radius 1 is 0.962 bits per heavy atom. The van der Waals surface area contributed by atoms with Gasteiger partial charge in [0.15, 0.2) is 0 Å². The van der Waals surface area contributed by atoms with Gasteiger partial charge in [-0.25, -0.2) is 0 Å². The molecule has 0 bridgehead atoms. The number of amides is 2. The minimum atomic E-state index is -0.329. The standard InChI is InChI=1S/C20H22Cl2N2O2/c1-3-11-24(12-4-2)20(26)14-5-8-16(9-6-14)23-19(25)17-10-7-15(21)13-18(17)22/h5-10,13H,3-4,11-12H2,1-2H3,(H,23,25). The first kappa shape index (κ1) is 20.3. The molecule has 0 heterocycles. The fourth-order valence-corrected chi connectivity index (χ4v) is 3.10. The molecule has 6 heteroatoms. The van der Waals surface area contributed by atoms with Crippen LogP contribution >= 0.6 is 23.2 Å². The van der Waals surface area contributed by atoms with Gasteiger partial charge in [-0.05, 0) is 55.3 Å². The van der Waals surface area contributed by atoms with Crippen molar-refractivity contribution < 1.29 is 9.59 Å². The Bertz CT molecular complexity index is 770. The maximum atomic E-state index is 12.6. The molecule has 4 nitrogen and oxygen atoms in total. The third-order valence-electron chi connectivity index (χ3n) is 3.84. The highest BCUT2D eigenvalue weighted by atomic mass is 35.5. The average molecular weight is 393 g/mol. The lowest BCUT2D eigenvalue weighted by Crippen LogP contribution is -2.32. The molecule has 0 aliphatic heterocycles. The predicted molar refractivity (Wildman–Crippen MR) is 107 cm³/mol. The number of hydrogen-bond acceptors (Lipinski definition) is 2. The summed E-state index contributed by atoms with van der Waals surface area (Å²) in [5.41, 5.74) is 1.54. The SMILES string of the molecule is CCCN(CCC)C(=O)c1ccc(NC(=O)c2ccc(Cl)cc2Cl)cc1. The van der Waals surface area contributed by atoms with Crippen LogP contribution in [0.25, 0.3) is 0 Å². The van der Waals surface area contributed by atoms with E-state index >= 15 is 0 Å². The number of rotatable bonds is 7. The maximum absolute atomic E-state index is 12.6. The quantitative estimate of drug-likeness (QED) is 0.675. The Morgan fingerprint density at radius 3 is 2.12 bits per heavy atom. The molecule has 2 aromatic carbocycles. The van der Waals surface area contributed by atoms with Crippen LogP contribution in [0.4, 0.5) is 5.69 Å². The van der Waals surface area contributed by atoms with E-state index in [0.717, 1.165) is 25.9 Å². The van der Waals surface area contributed by atoms with Crippen LogP contribution in [0, 0.1) is 0 Å². The number of anilines is 1. The number of nitrogens with one attached hydrogen (secondary N) is 1. The molecule has 1 N–H and O–H groups in total. The summed E-state index contributed by atoms with van der Waals surface area (Å²) in [5, 5.41) is 3.53. The van der Waals surface area contributed by atoms with E-state index in [-0.39, 0.29) is 16.8 Å². The van der Waals surface area contributed by atoms with Crippen LogP contribution in [0.5, 0.6) is 0 Å². The second kappa shape index (κ2) is 9.60. The number of nitrogens with zero attached hydrogens (tertiary/aromatic N) is 1. The molecule has 2 amide bonds. The minimum Gasteiger partial charge on any atom is -0.339 e. The van der Waals surface area contributed by atoms with Crippen LogP contribution in [0.15, 0.2) is 42.5 Å². The van der Waals surface area contributed by atoms with Gasteiger partial charge in [-0.1, -0.05) is 37.0 Å². The first-order chi connectivity index (χ1) is 12.5. The molecule has 0 unspecified atom stereocenters. The summed E-state index contributed by atoms with van der Waals surface area (Å²) in [7, 11) is 0. The summed E-state index contributed by atoms with van der Waals surface area (Å²) >= 11 is 11.9. The fraction of sp³-hybridized carbons (Fsp3) is 0.300. The summed E-state index contributed by atoms with van der Waals surface area (Å²) in [6.07, 6.45) is 1.84. The molecule has 0 saturated heterocycles. The topological polar surface area (TPSA) is 49.4 Å². The van der Waals surface area contributed by atoms with E-state index in [2.05, 4.69) is 19.2 Å². The van der Waals surface area contributed by atoms with Crippen LogP contribution in [-0.4, -0.2) is 29.8 Å². The molecular weight excluding hydrogens is 371 g/mol. The molecule has 2 aromatic rings. The van der Waals surface area contributed by atoms with Crippen molar-refractivity contribution in [1.29, 1.82) is 0 Å². The maximum Gasteiger partial charge on any atom is 0.257 e. The van der Waals surface area contributed by atoms with E-state index in [4.69, 9.17) is 23.2 Å². The van der Waals surface area contributed by atoms with Gasteiger partial charge in [-0.15, -0.1) is 0 Å². The Labute approximate surface area is 164 Å². The van der Waals surface area contributed by atoms with Crippen molar-refractivity contribution in [2.45, 2.75) is 26.7 Å². The first-order valence-corrected chi connectivity index (χ1v) is 9.37. The van der Waals surface area contributed by atoms with Crippen LogP contribution in [-0.2, 0) is 0 Å². The van der Waals surface area contributed by atoms with Gasteiger partial charge >= 0.3 is 0 Å². The van der Waals surface area contributed by atoms with Gasteiger partial charge in [-0.3, -0.25) is 9.59 Å². The monoisotopic (exact) mass is 392 g/mol. The van der Waals surface area contributed by atoms with Gasteiger partial charge in [-0.2, -0.15) is 0 Å². The zero-order valence-corrected chi connectivity index (χ0v) is 16.4. The van der Waals surface area contributed by atoms with Gasteiger partial charge in [0.25, 0.3) is 11.8 Å². The van der Waals surface area contributed by atoms with E-state index in [1.165, 1.54) is 6.07 Å². The second-order valence-electron chi connectivity index (χ2n) is 5.95. The zero-order chi connectivity index (χ0) is 19.1. The van der Waals surface area contributed by atoms with Gasteiger partial charge in [0.05, 0.1) is 10.6 Å². The molecule has 26 heavy (non-hydrogen) atoms. The van der Waals surface area contributed by atoms with Crippen molar-refractivity contribution in [2.75, 3.05) is 18.4 Å². The van der Waals surface area contributed by atoms with Gasteiger partial charge in [0.2, 0.25) is 0 Å². The van der Waals surface area contributed by atoms with Gasteiger partial charge in [0, 0.05) is 29.4 Å². The van der Waals surface area contributed by atoms with Crippen molar-refractivity contribution >= 4 is 40.7 Å². The van der Waals surface area contributed by atoms with Crippen LogP contribution < -0.4 is 5.32 Å². The lowest BCUT2D eigenvalue weighted by Gasteiger charge is -2.21. The van der Waals surface area contributed by atoms with Crippen LogP contribution in [0.3, 0.4) is 0 Å². The summed E-state index contributed by atoms with van der Waals surface area (Å²) in [6.45, 7) is 5.58. The zero-order valence-electron chi connectivity index (χ0n) is 14.9. The van der Waals surface area contributed by atoms with E-state index in [1.54, 1.807) is 36.4 Å². The minimum absolute atomic E-state index is 0.00678. The van der Waals surface area contributed by atoms with E-state index in [0.29, 0.717) is 21.8 Å². The number of carbonyl (C=O) groups is 2. The average Bonchev–Trinajstić information content (AvgIpc) is 2.61. The van der Waals surface area contributed by atoms with Crippen molar-refractivity contribution in [2.24, 2.45) is 0 Å². The molecule has 0 aliphatic carbocycles. The predicted octanol–water partition coefficient (Wildman–Crippen LogP) is 5.51. The Hall–Kier alpha value is -2.04. The Kier molecular flexibility index (Phi) is 7.49. The number of benzene rings is 2.